The molecule has 5 heteroatoms. The third kappa shape index (κ3) is 5.30. The molecule has 1 aromatic heterocycles. The van der Waals surface area contributed by atoms with Gasteiger partial charge in [-0.15, -0.1) is 11.3 Å². The van der Waals surface area contributed by atoms with Crippen LogP contribution in [-0.4, -0.2) is 18.6 Å². The molecular formula is C10H14BrNO2S. The molecule has 0 aliphatic heterocycles. The van der Waals surface area contributed by atoms with Gasteiger partial charge in [-0.1, -0.05) is 0 Å². The molecular weight excluding hydrogens is 278 g/mol. The second-order valence-corrected chi connectivity index (χ2v) is 5.89. The Hall–Kier alpha value is -0.390. The zero-order chi connectivity index (χ0) is 11.3. The Morgan fingerprint density at radius 3 is 2.87 bits per heavy atom. The second-order valence-electron chi connectivity index (χ2n) is 3.34. The summed E-state index contributed by atoms with van der Waals surface area (Å²) in [7, 11) is 0. The molecule has 1 heterocycles. The van der Waals surface area contributed by atoms with Crippen molar-refractivity contribution in [2.75, 3.05) is 6.61 Å². The number of hydrogen-bond donors (Lipinski definition) is 1. The maximum atomic E-state index is 11.3. The fourth-order valence-electron chi connectivity index (χ4n) is 0.926. The first-order valence-corrected chi connectivity index (χ1v) is 6.31. The molecule has 0 spiro atoms. The van der Waals surface area contributed by atoms with E-state index in [1.54, 1.807) is 11.3 Å². The molecule has 0 aromatic carbocycles. The summed E-state index contributed by atoms with van der Waals surface area (Å²) in [5.41, 5.74) is 0. The average Bonchev–Trinajstić information content (AvgIpc) is 2.58. The maximum Gasteiger partial charge on any atom is 0.246 e. The molecule has 0 saturated carbocycles. The molecule has 1 rings (SSSR count). The molecule has 15 heavy (non-hydrogen) atoms. The largest absolute Gasteiger partial charge is 0.369 e. The highest BCUT2D eigenvalue weighted by Gasteiger charge is 2.04. The summed E-state index contributed by atoms with van der Waals surface area (Å²) in [5, 5.41) is 2.79. The van der Waals surface area contributed by atoms with Crippen molar-refractivity contribution in [2.24, 2.45) is 0 Å². The van der Waals surface area contributed by atoms with Gasteiger partial charge in [-0.25, -0.2) is 0 Å². The van der Waals surface area contributed by atoms with E-state index in [-0.39, 0.29) is 18.6 Å². The predicted octanol–water partition coefficient (Wildman–Crippen LogP) is 2.55. The number of carbonyl (C=O) groups is 1. The monoisotopic (exact) mass is 291 g/mol. The highest BCUT2D eigenvalue weighted by molar-refractivity contribution is 9.11. The van der Waals surface area contributed by atoms with Crippen LogP contribution in [0.3, 0.4) is 0 Å². The molecule has 3 nitrogen and oxygen atoms in total. The van der Waals surface area contributed by atoms with Crippen molar-refractivity contribution >= 4 is 33.2 Å². The smallest absolute Gasteiger partial charge is 0.246 e. The third-order valence-corrected chi connectivity index (χ3v) is 3.26. The van der Waals surface area contributed by atoms with Gasteiger partial charge in [-0.2, -0.15) is 0 Å². The van der Waals surface area contributed by atoms with Crippen LogP contribution in [0.15, 0.2) is 15.9 Å². The number of amides is 1. The van der Waals surface area contributed by atoms with E-state index in [2.05, 4.69) is 21.2 Å². The van der Waals surface area contributed by atoms with Crippen molar-refractivity contribution in [3.8, 4) is 0 Å². The lowest BCUT2D eigenvalue weighted by molar-refractivity contribution is -0.127. The Morgan fingerprint density at radius 2 is 2.33 bits per heavy atom. The Kier molecular flexibility index (Phi) is 5.28. The summed E-state index contributed by atoms with van der Waals surface area (Å²) in [4.78, 5) is 12.4. The highest BCUT2D eigenvalue weighted by atomic mass is 79.9. The van der Waals surface area contributed by atoms with Crippen molar-refractivity contribution < 1.29 is 9.53 Å². The molecule has 1 aromatic rings. The minimum Gasteiger partial charge on any atom is -0.369 e. The van der Waals surface area contributed by atoms with E-state index in [4.69, 9.17) is 4.74 Å². The van der Waals surface area contributed by atoms with Gasteiger partial charge in [-0.05, 0) is 41.9 Å². The zero-order valence-electron chi connectivity index (χ0n) is 8.75. The van der Waals surface area contributed by atoms with Gasteiger partial charge in [0.05, 0.1) is 16.4 Å². The first-order valence-electron chi connectivity index (χ1n) is 4.70. The Bertz CT molecular complexity index is 325. The van der Waals surface area contributed by atoms with Crippen molar-refractivity contribution in [3.63, 3.8) is 0 Å². The quantitative estimate of drug-likeness (QED) is 0.905. The highest BCUT2D eigenvalue weighted by Crippen LogP contribution is 2.21. The summed E-state index contributed by atoms with van der Waals surface area (Å²) in [6, 6.07) is 3.95. The first kappa shape index (κ1) is 12.7. The molecule has 0 bridgehead atoms. The lowest BCUT2D eigenvalue weighted by Gasteiger charge is -2.07. The van der Waals surface area contributed by atoms with Crippen molar-refractivity contribution in [1.29, 1.82) is 0 Å². The van der Waals surface area contributed by atoms with Gasteiger partial charge < -0.3 is 10.1 Å². The van der Waals surface area contributed by atoms with Gasteiger partial charge in [0, 0.05) is 4.88 Å². The second kappa shape index (κ2) is 6.25. The average molecular weight is 292 g/mol. The molecule has 1 amide bonds. The standard InChI is InChI=1S/C10H14BrNO2S/c1-7(2)14-6-10(13)12-5-8-3-4-9(11)15-8/h3-4,7H,5-6H2,1-2H3,(H,12,13). The van der Waals surface area contributed by atoms with E-state index in [9.17, 15) is 4.79 Å². The van der Waals surface area contributed by atoms with Gasteiger partial charge in [-0.3, -0.25) is 4.79 Å². The van der Waals surface area contributed by atoms with Gasteiger partial charge >= 0.3 is 0 Å². The number of nitrogens with one attached hydrogen (secondary N) is 1. The lowest BCUT2D eigenvalue weighted by atomic mass is 10.4. The van der Waals surface area contributed by atoms with Gasteiger partial charge in [0.15, 0.2) is 0 Å². The van der Waals surface area contributed by atoms with Crippen molar-refractivity contribution in [1.82, 2.24) is 5.32 Å². The van der Waals surface area contributed by atoms with E-state index in [0.717, 1.165) is 8.66 Å². The van der Waals surface area contributed by atoms with Gasteiger partial charge in [0.1, 0.15) is 6.61 Å². The Labute approximate surface area is 102 Å². The molecule has 0 aliphatic rings. The SMILES string of the molecule is CC(C)OCC(=O)NCc1ccc(Br)s1. The number of ether oxygens (including phenoxy) is 1. The third-order valence-electron chi connectivity index (χ3n) is 1.64. The van der Waals surface area contributed by atoms with Gasteiger partial charge in [0.25, 0.3) is 0 Å². The zero-order valence-corrected chi connectivity index (χ0v) is 11.2. The number of thiophene rings is 1. The summed E-state index contributed by atoms with van der Waals surface area (Å²) in [6.07, 6.45) is 0.0895. The van der Waals surface area contributed by atoms with Crippen LogP contribution in [0.2, 0.25) is 0 Å². The summed E-state index contributed by atoms with van der Waals surface area (Å²) in [5.74, 6) is -0.0757. The fraction of sp³-hybridized carbons (Fsp3) is 0.500. The number of halogens is 1. The van der Waals surface area contributed by atoms with Crippen LogP contribution in [0, 0.1) is 0 Å². The minimum absolute atomic E-state index is 0.0757. The molecule has 0 unspecified atom stereocenters. The van der Waals surface area contributed by atoms with Crippen LogP contribution < -0.4 is 5.32 Å². The molecule has 0 atom stereocenters. The number of rotatable bonds is 5. The molecule has 0 saturated heterocycles. The normalized spacial score (nSPS) is 10.7. The summed E-state index contributed by atoms with van der Waals surface area (Å²) >= 11 is 4.99. The predicted molar refractivity (Wildman–Crippen MR) is 65.0 cm³/mol. The van der Waals surface area contributed by atoms with E-state index in [1.807, 2.05) is 26.0 Å². The molecule has 1 N–H and O–H groups in total. The summed E-state index contributed by atoms with van der Waals surface area (Å²) in [6.45, 7) is 4.51. The molecule has 84 valence electrons. The van der Waals surface area contributed by atoms with E-state index >= 15 is 0 Å². The van der Waals surface area contributed by atoms with E-state index in [1.165, 1.54) is 0 Å². The Balaban J connectivity index is 2.22. The summed E-state index contributed by atoms with van der Waals surface area (Å²) < 4.78 is 6.25. The van der Waals surface area contributed by atoms with Crippen molar-refractivity contribution in [2.45, 2.75) is 26.5 Å². The van der Waals surface area contributed by atoms with E-state index in [0.29, 0.717) is 6.54 Å². The lowest BCUT2D eigenvalue weighted by Crippen LogP contribution is -2.27. The minimum atomic E-state index is -0.0757. The maximum absolute atomic E-state index is 11.3. The van der Waals surface area contributed by atoms with Crippen LogP contribution in [-0.2, 0) is 16.1 Å². The van der Waals surface area contributed by atoms with Crippen molar-refractivity contribution in [3.05, 3.63) is 20.8 Å². The molecule has 0 aliphatic carbocycles. The van der Waals surface area contributed by atoms with Crippen LogP contribution in [0.4, 0.5) is 0 Å². The van der Waals surface area contributed by atoms with E-state index < -0.39 is 0 Å². The topological polar surface area (TPSA) is 38.3 Å². The molecule has 0 radical (unpaired) electrons. The first-order chi connectivity index (χ1) is 7.08. The van der Waals surface area contributed by atoms with Crippen LogP contribution in [0.25, 0.3) is 0 Å². The van der Waals surface area contributed by atoms with Crippen LogP contribution in [0.5, 0.6) is 0 Å². The van der Waals surface area contributed by atoms with Crippen LogP contribution >= 0.6 is 27.3 Å². The van der Waals surface area contributed by atoms with Crippen LogP contribution in [0.1, 0.15) is 18.7 Å². The number of hydrogen-bond acceptors (Lipinski definition) is 3. The molecule has 0 fully saturated rings. The van der Waals surface area contributed by atoms with Gasteiger partial charge in [0.2, 0.25) is 5.91 Å². The number of carbonyl (C=O) groups excluding carboxylic acids is 1. The Morgan fingerprint density at radius 1 is 1.60 bits per heavy atom. The fourth-order valence-corrected chi connectivity index (χ4v) is 2.35.